The first kappa shape index (κ1) is 24.0. The van der Waals surface area contributed by atoms with Gasteiger partial charge in [-0.2, -0.15) is 10.1 Å². The average Bonchev–Trinajstić information content (AvgIpc) is 3.24. The first-order valence-corrected chi connectivity index (χ1v) is 11.5. The van der Waals surface area contributed by atoms with Crippen molar-refractivity contribution in [3.05, 3.63) is 47.7 Å². The van der Waals surface area contributed by atoms with Gasteiger partial charge in [0.15, 0.2) is 11.5 Å². The molecule has 12 heteroatoms. The number of carbonyl (C=O) groups is 2. The van der Waals surface area contributed by atoms with E-state index < -0.39 is 5.91 Å². The number of anilines is 3. The van der Waals surface area contributed by atoms with Gasteiger partial charge in [-0.1, -0.05) is 13.8 Å². The molecular formula is C23H30N10O2. The van der Waals surface area contributed by atoms with Gasteiger partial charge in [0.05, 0.1) is 17.4 Å². The number of rotatable bonds is 7. The van der Waals surface area contributed by atoms with Crippen molar-refractivity contribution in [2.75, 3.05) is 16.8 Å². The van der Waals surface area contributed by atoms with Crippen LogP contribution in [0.4, 0.5) is 17.5 Å². The van der Waals surface area contributed by atoms with Gasteiger partial charge < -0.3 is 21.3 Å². The fourth-order valence-corrected chi connectivity index (χ4v) is 3.97. The Hall–Kier alpha value is -4.09. The first-order valence-electron chi connectivity index (χ1n) is 11.5. The van der Waals surface area contributed by atoms with Gasteiger partial charge in [-0.15, -0.1) is 10.2 Å². The van der Waals surface area contributed by atoms with Crippen LogP contribution in [-0.4, -0.2) is 60.4 Å². The standard InChI is InChI=1S/C23H30N10O2/c1-13(2)18-8-6-15(9-25-18)22(35)28-16-7-5-14(3)33(12-16)23-29-21(19(20(24)34)30-31-23)27-17-10-26-32(4)11-17/h6,8-11,13-14,16H,5,7,12H2,1-4H3,(H2,24,34)(H,28,35)(H,27,29,31)/t14-,16+/m0/s1. The second-order valence-electron chi connectivity index (χ2n) is 9.08. The van der Waals surface area contributed by atoms with Crippen LogP contribution in [0.15, 0.2) is 30.7 Å². The zero-order chi connectivity index (χ0) is 25.1. The molecule has 4 rings (SSSR count). The second kappa shape index (κ2) is 10.0. The molecule has 184 valence electrons. The maximum absolute atomic E-state index is 12.8. The predicted molar refractivity (Wildman–Crippen MR) is 130 cm³/mol. The van der Waals surface area contributed by atoms with Crippen LogP contribution in [0.3, 0.4) is 0 Å². The summed E-state index contributed by atoms with van der Waals surface area (Å²) in [6, 6.07) is 3.68. The van der Waals surface area contributed by atoms with Gasteiger partial charge in [0.25, 0.3) is 11.8 Å². The summed E-state index contributed by atoms with van der Waals surface area (Å²) >= 11 is 0. The Morgan fingerprint density at radius 3 is 2.60 bits per heavy atom. The van der Waals surface area contributed by atoms with Gasteiger partial charge in [-0.25, -0.2) is 0 Å². The van der Waals surface area contributed by atoms with E-state index in [9.17, 15) is 9.59 Å². The number of carbonyl (C=O) groups excluding carboxylic acids is 2. The molecule has 0 bridgehead atoms. The number of piperidine rings is 1. The summed E-state index contributed by atoms with van der Waals surface area (Å²) in [6.07, 6.45) is 6.59. The van der Waals surface area contributed by atoms with E-state index in [-0.39, 0.29) is 29.5 Å². The monoisotopic (exact) mass is 478 g/mol. The highest BCUT2D eigenvalue weighted by Crippen LogP contribution is 2.25. The van der Waals surface area contributed by atoms with E-state index in [1.54, 1.807) is 36.4 Å². The molecule has 2 amide bonds. The Bertz CT molecular complexity index is 1210. The van der Waals surface area contributed by atoms with E-state index in [0.29, 0.717) is 29.7 Å². The lowest BCUT2D eigenvalue weighted by Gasteiger charge is -2.38. The van der Waals surface area contributed by atoms with Crippen molar-refractivity contribution in [1.29, 1.82) is 0 Å². The van der Waals surface area contributed by atoms with Crippen LogP contribution in [0.25, 0.3) is 0 Å². The molecule has 1 aliphatic rings. The minimum atomic E-state index is -0.739. The maximum Gasteiger partial charge on any atom is 0.273 e. The Morgan fingerprint density at radius 2 is 1.97 bits per heavy atom. The summed E-state index contributed by atoms with van der Waals surface area (Å²) in [6.45, 7) is 6.68. The Morgan fingerprint density at radius 1 is 1.17 bits per heavy atom. The van der Waals surface area contributed by atoms with Crippen LogP contribution in [-0.2, 0) is 7.05 Å². The van der Waals surface area contributed by atoms with E-state index in [0.717, 1.165) is 18.5 Å². The molecule has 4 heterocycles. The van der Waals surface area contributed by atoms with Crippen LogP contribution in [0, 0.1) is 0 Å². The molecular weight excluding hydrogens is 448 g/mol. The Balaban J connectivity index is 1.51. The fraction of sp³-hybridized carbons (Fsp3) is 0.435. The fourth-order valence-electron chi connectivity index (χ4n) is 3.97. The number of amides is 2. The average molecular weight is 479 g/mol. The van der Waals surface area contributed by atoms with Crippen molar-refractivity contribution in [2.24, 2.45) is 12.8 Å². The van der Waals surface area contributed by atoms with Crippen LogP contribution in [0.1, 0.15) is 66.1 Å². The number of nitrogens with two attached hydrogens (primary N) is 1. The number of nitrogens with zero attached hydrogens (tertiary/aromatic N) is 7. The minimum absolute atomic E-state index is 0.0653. The van der Waals surface area contributed by atoms with Crippen LogP contribution in [0.2, 0.25) is 0 Å². The number of hydrogen-bond acceptors (Lipinski definition) is 9. The van der Waals surface area contributed by atoms with Gasteiger partial charge in [0, 0.05) is 43.8 Å². The highest BCUT2D eigenvalue weighted by atomic mass is 16.2. The molecule has 12 nitrogen and oxygen atoms in total. The van der Waals surface area contributed by atoms with Gasteiger partial charge in [0.2, 0.25) is 5.95 Å². The van der Waals surface area contributed by atoms with Crippen LogP contribution in [0.5, 0.6) is 0 Å². The van der Waals surface area contributed by atoms with Crippen LogP contribution < -0.4 is 21.3 Å². The normalized spacial score (nSPS) is 17.9. The van der Waals surface area contributed by atoms with Gasteiger partial charge in [0.1, 0.15) is 0 Å². The van der Waals surface area contributed by atoms with Crippen molar-refractivity contribution in [1.82, 2.24) is 35.3 Å². The number of aryl methyl sites for hydroxylation is 1. The van der Waals surface area contributed by atoms with Crippen LogP contribution >= 0.6 is 0 Å². The quantitative estimate of drug-likeness (QED) is 0.460. The number of hydrogen-bond donors (Lipinski definition) is 3. The van der Waals surface area contributed by atoms with E-state index in [2.05, 4.69) is 56.7 Å². The molecule has 2 atom stereocenters. The molecule has 0 spiro atoms. The van der Waals surface area contributed by atoms with E-state index in [4.69, 9.17) is 5.73 Å². The second-order valence-corrected chi connectivity index (χ2v) is 9.08. The van der Waals surface area contributed by atoms with Crippen molar-refractivity contribution in [3.8, 4) is 0 Å². The third-order valence-corrected chi connectivity index (χ3v) is 5.99. The van der Waals surface area contributed by atoms with Crippen molar-refractivity contribution in [2.45, 2.75) is 51.6 Å². The molecule has 4 N–H and O–H groups in total. The van der Waals surface area contributed by atoms with Crippen molar-refractivity contribution in [3.63, 3.8) is 0 Å². The van der Waals surface area contributed by atoms with Gasteiger partial charge >= 0.3 is 0 Å². The molecule has 1 saturated heterocycles. The molecule has 3 aromatic heterocycles. The van der Waals surface area contributed by atoms with Gasteiger partial charge in [-0.05, 0) is 37.8 Å². The third-order valence-electron chi connectivity index (χ3n) is 5.99. The molecule has 1 fully saturated rings. The molecule has 0 radical (unpaired) electrons. The first-order chi connectivity index (χ1) is 16.7. The predicted octanol–water partition coefficient (Wildman–Crippen LogP) is 1.75. The number of nitrogens with one attached hydrogen (secondary N) is 2. The summed E-state index contributed by atoms with van der Waals surface area (Å²) in [4.78, 5) is 35.6. The molecule has 3 aromatic rings. The van der Waals surface area contributed by atoms with Crippen molar-refractivity contribution < 1.29 is 9.59 Å². The molecule has 0 aromatic carbocycles. The van der Waals surface area contributed by atoms with Crippen molar-refractivity contribution >= 4 is 29.3 Å². The molecule has 1 aliphatic heterocycles. The summed E-state index contributed by atoms with van der Waals surface area (Å²) in [7, 11) is 1.78. The number of aromatic nitrogens is 6. The highest BCUT2D eigenvalue weighted by molar-refractivity contribution is 5.96. The van der Waals surface area contributed by atoms with E-state index in [1.165, 1.54) is 0 Å². The van der Waals surface area contributed by atoms with Gasteiger partial charge in [-0.3, -0.25) is 19.3 Å². The summed E-state index contributed by atoms with van der Waals surface area (Å²) in [5.74, 6) is -0.0696. The highest BCUT2D eigenvalue weighted by Gasteiger charge is 2.30. The Kier molecular flexibility index (Phi) is 6.90. The SMILES string of the molecule is CC(C)c1ccc(C(=O)N[C@@H]2CC[C@H](C)N(c3nnc(C(N)=O)c(Nc4cnn(C)c4)n3)C2)cn1. The third kappa shape index (κ3) is 5.53. The lowest BCUT2D eigenvalue weighted by molar-refractivity contribution is 0.0929. The molecule has 0 unspecified atom stereocenters. The summed E-state index contributed by atoms with van der Waals surface area (Å²) in [5, 5.41) is 18.4. The zero-order valence-corrected chi connectivity index (χ0v) is 20.3. The largest absolute Gasteiger partial charge is 0.364 e. The van der Waals surface area contributed by atoms with E-state index >= 15 is 0 Å². The Labute approximate surface area is 203 Å². The molecule has 0 saturated carbocycles. The number of pyridine rings is 1. The lowest BCUT2D eigenvalue weighted by atomic mass is 9.99. The zero-order valence-electron chi connectivity index (χ0n) is 20.3. The van der Waals surface area contributed by atoms with E-state index in [1.807, 2.05) is 11.0 Å². The molecule has 0 aliphatic carbocycles. The summed E-state index contributed by atoms with van der Waals surface area (Å²) in [5.41, 5.74) is 7.51. The topological polar surface area (TPSA) is 157 Å². The maximum atomic E-state index is 12.8. The lowest BCUT2D eigenvalue weighted by Crippen LogP contribution is -2.51. The smallest absolute Gasteiger partial charge is 0.273 e. The molecule has 35 heavy (non-hydrogen) atoms. The number of primary amides is 1. The summed E-state index contributed by atoms with van der Waals surface area (Å²) < 4.78 is 1.62. The minimum Gasteiger partial charge on any atom is -0.364 e.